The van der Waals surface area contributed by atoms with Crippen LogP contribution in [0.25, 0.3) is 0 Å². The largest absolute Gasteiger partial charge is 0.388 e. The van der Waals surface area contributed by atoms with Crippen LogP contribution >= 0.6 is 0 Å². The lowest BCUT2D eigenvalue weighted by atomic mass is 10.1. The minimum Gasteiger partial charge on any atom is -0.388 e. The van der Waals surface area contributed by atoms with Crippen molar-refractivity contribution >= 4 is 5.84 Å². The molecule has 0 spiro atoms. The molecule has 1 atom stereocenters. The second-order valence-electron chi connectivity index (χ2n) is 4.75. The van der Waals surface area contributed by atoms with Crippen LogP contribution in [0.3, 0.4) is 0 Å². The molecule has 2 N–H and O–H groups in total. The Morgan fingerprint density at radius 2 is 2.06 bits per heavy atom. The molecule has 16 heavy (non-hydrogen) atoms. The number of amidine groups is 1. The molecule has 2 aliphatic heterocycles. The zero-order valence-electron chi connectivity index (χ0n) is 9.99. The molecule has 2 saturated heterocycles. The molecule has 1 unspecified atom stereocenters. The highest BCUT2D eigenvalue weighted by Crippen LogP contribution is 2.12. The minimum atomic E-state index is 0.0938. The van der Waals surface area contributed by atoms with E-state index < -0.39 is 0 Å². The number of likely N-dealkylation sites (tertiary alicyclic amines) is 1. The van der Waals surface area contributed by atoms with Crippen molar-refractivity contribution in [2.45, 2.75) is 38.1 Å². The normalized spacial score (nSPS) is 28.2. The number of aliphatic imine (C=N–C) groups is 1. The zero-order chi connectivity index (χ0) is 11.2. The van der Waals surface area contributed by atoms with Crippen LogP contribution in [0.5, 0.6) is 0 Å². The van der Waals surface area contributed by atoms with Gasteiger partial charge in [-0.05, 0) is 38.6 Å². The highest BCUT2D eigenvalue weighted by Gasteiger charge is 2.17. The first-order valence-corrected chi connectivity index (χ1v) is 6.53. The third-order valence-corrected chi connectivity index (χ3v) is 3.46. The third kappa shape index (κ3) is 3.19. The maximum atomic E-state index is 9.42. The first kappa shape index (κ1) is 11.9. The molecule has 0 aromatic carbocycles. The summed E-state index contributed by atoms with van der Waals surface area (Å²) >= 11 is 0. The summed E-state index contributed by atoms with van der Waals surface area (Å²) in [5.41, 5.74) is 0. The van der Waals surface area contributed by atoms with Gasteiger partial charge in [-0.25, -0.2) is 0 Å². The fourth-order valence-electron chi connectivity index (χ4n) is 2.53. The van der Waals surface area contributed by atoms with Gasteiger partial charge in [-0.15, -0.1) is 0 Å². The van der Waals surface area contributed by atoms with E-state index in [0.29, 0.717) is 6.04 Å². The number of aliphatic hydroxyl groups is 1. The first-order valence-electron chi connectivity index (χ1n) is 6.53. The number of hydrogen-bond acceptors (Lipinski definition) is 3. The maximum absolute atomic E-state index is 9.42. The second-order valence-corrected chi connectivity index (χ2v) is 4.75. The molecule has 2 aliphatic rings. The molecule has 2 heterocycles. The van der Waals surface area contributed by atoms with Crippen LogP contribution in [0.15, 0.2) is 4.99 Å². The van der Waals surface area contributed by atoms with Gasteiger partial charge in [0.05, 0.1) is 6.04 Å². The molecule has 0 aromatic heterocycles. The standard InChI is InChI=1S/C12H23N3O/c16-10-12(15-7-2-1-3-8-15)14-11-5-4-6-13-9-11/h11,13,16H,1-10H2. The molecular formula is C12H23N3O. The topological polar surface area (TPSA) is 47.9 Å². The van der Waals surface area contributed by atoms with E-state index in [1.54, 1.807) is 0 Å². The molecule has 2 fully saturated rings. The maximum Gasteiger partial charge on any atom is 0.125 e. The molecule has 0 amide bonds. The van der Waals surface area contributed by atoms with Crippen molar-refractivity contribution in [2.75, 3.05) is 32.8 Å². The van der Waals surface area contributed by atoms with Crippen LogP contribution in [-0.2, 0) is 0 Å². The van der Waals surface area contributed by atoms with Gasteiger partial charge in [0, 0.05) is 19.6 Å². The van der Waals surface area contributed by atoms with Crippen molar-refractivity contribution in [3.63, 3.8) is 0 Å². The lowest BCUT2D eigenvalue weighted by Gasteiger charge is -2.30. The zero-order valence-corrected chi connectivity index (χ0v) is 9.99. The van der Waals surface area contributed by atoms with Crippen LogP contribution in [0.1, 0.15) is 32.1 Å². The molecule has 0 radical (unpaired) electrons. The quantitative estimate of drug-likeness (QED) is 0.535. The summed E-state index contributed by atoms with van der Waals surface area (Å²) in [5, 5.41) is 12.8. The summed E-state index contributed by atoms with van der Waals surface area (Å²) < 4.78 is 0. The molecule has 4 heteroatoms. The van der Waals surface area contributed by atoms with Crippen LogP contribution < -0.4 is 5.32 Å². The fraction of sp³-hybridized carbons (Fsp3) is 0.917. The average molecular weight is 225 g/mol. The Bertz CT molecular complexity index is 230. The van der Waals surface area contributed by atoms with Gasteiger partial charge in [0.2, 0.25) is 0 Å². The number of piperidine rings is 2. The van der Waals surface area contributed by atoms with Crippen molar-refractivity contribution < 1.29 is 5.11 Å². The lowest BCUT2D eigenvalue weighted by molar-refractivity contribution is 0.289. The van der Waals surface area contributed by atoms with E-state index in [1.165, 1.54) is 25.7 Å². The Kier molecular flexibility index (Phi) is 4.60. The summed E-state index contributed by atoms with van der Waals surface area (Å²) in [6, 6.07) is 0.373. The van der Waals surface area contributed by atoms with E-state index in [4.69, 9.17) is 4.99 Å². The number of hydrogen-bond donors (Lipinski definition) is 2. The minimum absolute atomic E-state index is 0.0938. The molecule has 0 bridgehead atoms. The first-order chi connectivity index (χ1) is 7.90. The predicted octanol–water partition coefficient (Wildman–Crippen LogP) is 0.615. The summed E-state index contributed by atoms with van der Waals surface area (Å²) in [5.74, 6) is 0.911. The van der Waals surface area contributed by atoms with Crippen LogP contribution in [0.4, 0.5) is 0 Å². The van der Waals surface area contributed by atoms with Gasteiger partial charge in [-0.1, -0.05) is 0 Å². The van der Waals surface area contributed by atoms with Crippen molar-refractivity contribution in [1.29, 1.82) is 0 Å². The van der Waals surface area contributed by atoms with Crippen LogP contribution in [0, 0.1) is 0 Å². The highest BCUT2D eigenvalue weighted by atomic mass is 16.3. The third-order valence-electron chi connectivity index (χ3n) is 3.46. The van der Waals surface area contributed by atoms with Crippen molar-refractivity contribution in [1.82, 2.24) is 10.2 Å². The molecule has 0 saturated carbocycles. The van der Waals surface area contributed by atoms with Crippen LogP contribution in [0.2, 0.25) is 0 Å². The Morgan fingerprint density at radius 3 is 2.69 bits per heavy atom. The smallest absolute Gasteiger partial charge is 0.125 e. The van der Waals surface area contributed by atoms with E-state index in [1.807, 2.05) is 0 Å². The van der Waals surface area contributed by atoms with Gasteiger partial charge in [0.15, 0.2) is 0 Å². The summed E-state index contributed by atoms with van der Waals surface area (Å²) in [7, 11) is 0. The van der Waals surface area contributed by atoms with Gasteiger partial charge in [0.25, 0.3) is 0 Å². The van der Waals surface area contributed by atoms with Gasteiger partial charge in [-0.3, -0.25) is 4.99 Å². The Balaban J connectivity index is 1.93. The second kappa shape index (κ2) is 6.21. The average Bonchev–Trinajstić information content (AvgIpc) is 2.38. The van der Waals surface area contributed by atoms with E-state index in [0.717, 1.165) is 38.4 Å². The van der Waals surface area contributed by atoms with E-state index in [9.17, 15) is 5.11 Å². The summed E-state index contributed by atoms with van der Waals surface area (Å²) in [6.45, 7) is 4.32. The molecule has 2 rings (SSSR count). The summed E-state index contributed by atoms with van der Waals surface area (Å²) in [6.07, 6.45) is 6.15. The lowest BCUT2D eigenvalue weighted by Crippen LogP contribution is -2.40. The Labute approximate surface area is 97.7 Å². The number of nitrogens with one attached hydrogen (secondary N) is 1. The molecule has 92 valence electrons. The van der Waals surface area contributed by atoms with Gasteiger partial charge in [-0.2, -0.15) is 0 Å². The van der Waals surface area contributed by atoms with E-state index in [2.05, 4.69) is 10.2 Å². The predicted molar refractivity (Wildman–Crippen MR) is 65.8 cm³/mol. The Hall–Kier alpha value is -0.610. The van der Waals surface area contributed by atoms with Crippen molar-refractivity contribution in [3.05, 3.63) is 0 Å². The summed E-state index contributed by atoms with van der Waals surface area (Å²) in [4.78, 5) is 6.97. The van der Waals surface area contributed by atoms with Crippen molar-refractivity contribution in [2.24, 2.45) is 4.99 Å². The number of nitrogens with zero attached hydrogens (tertiary/aromatic N) is 2. The number of aliphatic hydroxyl groups excluding tert-OH is 1. The van der Waals surface area contributed by atoms with E-state index in [-0.39, 0.29) is 6.61 Å². The Morgan fingerprint density at radius 1 is 1.25 bits per heavy atom. The van der Waals surface area contributed by atoms with Gasteiger partial charge < -0.3 is 15.3 Å². The number of rotatable bonds is 2. The van der Waals surface area contributed by atoms with Crippen LogP contribution in [-0.4, -0.2) is 54.7 Å². The highest BCUT2D eigenvalue weighted by molar-refractivity contribution is 5.83. The molecule has 0 aliphatic carbocycles. The van der Waals surface area contributed by atoms with Gasteiger partial charge in [0.1, 0.15) is 12.4 Å². The van der Waals surface area contributed by atoms with E-state index >= 15 is 0 Å². The monoisotopic (exact) mass is 225 g/mol. The molecular weight excluding hydrogens is 202 g/mol. The van der Waals surface area contributed by atoms with Crippen molar-refractivity contribution in [3.8, 4) is 0 Å². The molecule has 0 aromatic rings. The van der Waals surface area contributed by atoms with Gasteiger partial charge >= 0.3 is 0 Å². The SMILES string of the molecule is OCC(=NC1CCCNC1)N1CCCCC1. The fourth-order valence-corrected chi connectivity index (χ4v) is 2.53. The molecule has 4 nitrogen and oxygen atoms in total.